The fourth-order valence-electron chi connectivity index (χ4n) is 5.83. The van der Waals surface area contributed by atoms with Crippen molar-refractivity contribution in [3.8, 4) is 11.5 Å². The normalized spacial score (nSPS) is 18.7. The van der Waals surface area contributed by atoms with Crippen molar-refractivity contribution in [3.63, 3.8) is 0 Å². The van der Waals surface area contributed by atoms with Crippen LogP contribution in [0.5, 0.6) is 11.5 Å². The van der Waals surface area contributed by atoms with Crippen molar-refractivity contribution < 1.29 is 28.7 Å². The largest absolute Gasteiger partial charge is 0.493 e. The molecule has 2 unspecified atom stereocenters. The zero-order chi connectivity index (χ0) is 35.8. The Kier molecular flexibility index (Phi) is 11.7. The van der Waals surface area contributed by atoms with Crippen molar-refractivity contribution >= 4 is 45.8 Å². The number of ether oxygens (including phenoxy) is 2. The highest BCUT2D eigenvalue weighted by molar-refractivity contribution is 8.16. The number of thioether (sulfide) groups is 2. The van der Waals surface area contributed by atoms with Crippen LogP contribution < -0.4 is 14.8 Å². The predicted octanol–water partition coefficient (Wildman–Crippen LogP) is 6.42. The summed E-state index contributed by atoms with van der Waals surface area (Å²) in [6.45, 7) is 5.15. The van der Waals surface area contributed by atoms with Gasteiger partial charge in [-0.25, -0.2) is 0 Å². The van der Waals surface area contributed by atoms with E-state index >= 15 is 0 Å². The summed E-state index contributed by atoms with van der Waals surface area (Å²) < 4.78 is 11.0. The maximum absolute atomic E-state index is 13.1. The number of carbonyl (C=O) groups excluding carboxylic acids is 4. The fourth-order valence-corrected chi connectivity index (χ4v) is 7.82. The molecule has 264 valence electrons. The van der Waals surface area contributed by atoms with Crippen molar-refractivity contribution in [3.05, 3.63) is 119 Å². The molecule has 1 N–H and O–H groups in total. The van der Waals surface area contributed by atoms with Gasteiger partial charge in [-0.2, -0.15) is 0 Å². The molecule has 2 aliphatic heterocycles. The van der Waals surface area contributed by atoms with E-state index < -0.39 is 10.00 Å². The van der Waals surface area contributed by atoms with Crippen LogP contribution in [0.2, 0.25) is 0 Å². The van der Waals surface area contributed by atoms with Crippen LogP contribution in [-0.4, -0.2) is 66.9 Å². The number of hydrogen-bond acceptors (Lipinski definition) is 10. The molecule has 10 nitrogen and oxygen atoms in total. The summed E-state index contributed by atoms with van der Waals surface area (Å²) in [6.07, 6.45) is 7.44. The average molecular weight is 725 g/mol. The Morgan fingerprint density at radius 3 is 1.84 bits per heavy atom. The molecule has 6 rings (SSSR count). The van der Waals surface area contributed by atoms with Crippen molar-refractivity contribution in [2.75, 3.05) is 19.8 Å². The number of nitrogens with one attached hydrogen (secondary N) is 1. The quantitative estimate of drug-likeness (QED) is 0.138. The summed E-state index contributed by atoms with van der Waals surface area (Å²) in [5, 5.41) is 1.38. The van der Waals surface area contributed by atoms with E-state index in [1.807, 2.05) is 72.9 Å². The van der Waals surface area contributed by atoms with E-state index in [0.29, 0.717) is 51.2 Å². The third-order valence-electron chi connectivity index (χ3n) is 8.89. The second-order valence-electron chi connectivity index (χ2n) is 12.7. The molecule has 2 aliphatic rings. The maximum Gasteiger partial charge on any atom is 0.289 e. The van der Waals surface area contributed by atoms with Gasteiger partial charge in [0.15, 0.2) is 0 Å². The molecule has 2 fully saturated rings. The first kappa shape index (κ1) is 36.1. The van der Waals surface area contributed by atoms with E-state index in [1.54, 1.807) is 13.1 Å². The van der Waals surface area contributed by atoms with Crippen LogP contribution in [0, 0.1) is 0 Å². The van der Waals surface area contributed by atoms with E-state index in [4.69, 9.17) is 9.47 Å². The monoisotopic (exact) mass is 724 g/mol. The Morgan fingerprint density at radius 1 is 0.745 bits per heavy atom. The van der Waals surface area contributed by atoms with Crippen LogP contribution >= 0.6 is 23.5 Å². The summed E-state index contributed by atoms with van der Waals surface area (Å²) in [7, 11) is 0. The first-order valence-corrected chi connectivity index (χ1v) is 18.7. The summed E-state index contributed by atoms with van der Waals surface area (Å²) in [4.78, 5) is 59.9. The summed E-state index contributed by atoms with van der Waals surface area (Å²) in [5.41, 5.74) is 5.94. The number of pyridine rings is 2. The number of amides is 4. The Morgan fingerprint density at radius 2 is 1.31 bits per heavy atom. The highest BCUT2D eigenvalue weighted by Crippen LogP contribution is 2.35. The molecule has 2 aromatic heterocycles. The van der Waals surface area contributed by atoms with Gasteiger partial charge in [0.05, 0.1) is 18.5 Å². The summed E-state index contributed by atoms with van der Waals surface area (Å²) in [5.74, 6) is 1.04. The lowest BCUT2D eigenvalue weighted by molar-refractivity contribution is -0.126. The van der Waals surface area contributed by atoms with Crippen molar-refractivity contribution in [1.29, 1.82) is 0 Å². The van der Waals surface area contributed by atoms with Crippen LogP contribution in [0.3, 0.4) is 0 Å². The third kappa shape index (κ3) is 9.56. The van der Waals surface area contributed by atoms with Crippen LogP contribution in [0.4, 0.5) is 9.59 Å². The van der Waals surface area contributed by atoms with Gasteiger partial charge in [0.1, 0.15) is 16.2 Å². The Labute approximate surface area is 306 Å². The maximum atomic E-state index is 13.1. The zero-order valence-corrected chi connectivity index (χ0v) is 30.3. The number of hydrogen-bond donors (Lipinski definition) is 1. The lowest BCUT2D eigenvalue weighted by Crippen LogP contribution is -2.35. The summed E-state index contributed by atoms with van der Waals surface area (Å²) >= 11 is 2.11. The Bertz CT molecular complexity index is 1850. The number of aromatic nitrogens is 2. The molecule has 4 amide bonds. The molecule has 4 heterocycles. The second kappa shape index (κ2) is 16.6. The standard InChI is InChI=1S/C39H40N4O6S2/c1-3-26-4-10-30(40-24-26)17-20-48-32-12-6-27(7-13-32)22-34-35(44)43(38(47)50-34)19-16-29-5-11-31(41-25-29)18-21-49-33-14-8-28(9-15-33)23-39(2)36(45)42-37(46)51-39/h4-15,24-25,34H,3,16-23H2,1-2H3,(H,42,45,46). The minimum Gasteiger partial charge on any atom is -0.493 e. The molecular weight excluding hydrogens is 685 g/mol. The first-order chi connectivity index (χ1) is 24.7. The molecule has 2 saturated heterocycles. The lowest BCUT2D eigenvalue weighted by Gasteiger charge is -2.18. The third-order valence-corrected chi connectivity index (χ3v) is 11.0. The minimum atomic E-state index is -0.802. The molecule has 12 heteroatoms. The molecule has 0 spiro atoms. The topological polar surface area (TPSA) is 128 Å². The van der Waals surface area contributed by atoms with E-state index in [2.05, 4.69) is 28.3 Å². The number of carbonyl (C=O) groups is 4. The van der Waals surface area contributed by atoms with E-state index in [0.717, 1.165) is 70.2 Å². The van der Waals surface area contributed by atoms with E-state index in [9.17, 15) is 19.2 Å². The SMILES string of the molecule is CCc1ccc(CCOc2ccc(CC3SC(=O)N(CCc4ccc(CCOc5ccc(CC6(C)SC(=O)NC6=O)cc5)nc4)C3=O)cc2)nc1. The van der Waals surface area contributed by atoms with Gasteiger partial charge < -0.3 is 9.47 Å². The van der Waals surface area contributed by atoms with Gasteiger partial charge in [-0.15, -0.1) is 0 Å². The molecule has 2 atom stereocenters. The molecule has 0 radical (unpaired) electrons. The van der Waals surface area contributed by atoms with Crippen molar-refractivity contribution in [2.24, 2.45) is 0 Å². The Balaban J connectivity index is 0.897. The zero-order valence-electron chi connectivity index (χ0n) is 28.6. The smallest absolute Gasteiger partial charge is 0.289 e. The van der Waals surface area contributed by atoms with Gasteiger partial charge in [-0.1, -0.05) is 55.1 Å². The Hall–Kier alpha value is -4.68. The lowest BCUT2D eigenvalue weighted by atomic mass is 9.99. The molecule has 51 heavy (non-hydrogen) atoms. The number of rotatable bonds is 16. The van der Waals surface area contributed by atoms with Crippen LogP contribution in [0.1, 0.15) is 47.5 Å². The predicted molar refractivity (Wildman–Crippen MR) is 198 cm³/mol. The molecular formula is C39H40N4O6S2. The minimum absolute atomic E-state index is 0.158. The molecule has 0 bridgehead atoms. The van der Waals surface area contributed by atoms with E-state index in [1.165, 1.54) is 10.5 Å². The van der Waals surface area contributed by atoms with Gasteiger partial charge in [0, 0.05) is 43.2 Å². The highest BCUT2D eigenvalue weighted by atomic mass is 32.2. The second-order valence-corrected chi connectivity index (χ2v) is 15.4. The number of benzene rings is 2. The molecule has 4 aromatic rings. The van der Waals surface area contributed by atoms with Crippen molar-refractivity contribution in [2.45, 2.75) is 62.4 Å². The molecule has 2 aromatic carbocycles. The number of aryl methyl sites for hydroxylation is 1. The van der Waals surface area contributed by atoms with Crippen LogP contribution in [0.15, 0.2) is 85.2 Å². The number of nitrogens with zero attached hydrogens (tertiary/aromatic N) is 3. The van der Waals surface area contributed by atoms with Gasteiger partial charge >= 0.3 is 0 Å². The average Bonchev–Trinajstić information content (AvgIpc) is 3.55. The van der Waals surface area contributed by atoms with Gasteiger partial charge in [-0.3, -0.25) is 39.4 Å². The highest BCUT2D eigenvalue weighted by Gasteiger charge is 2.43. The van der Waals surface area contributed by atoms with Gasteiger partial charge in [-0.05, 0) is 103 Å². The van der Waals surface area contributed by atoms with E-state index in [-0.39, 0.29) is 22.3 Å². The van der Waals surface area contributed by atoms with Crippen LogP contribution in [0.25, 0.3) is 0 Å². The first-order valence-electron chi connectivity index (χ1n) is 17.0. The summed E-state index contributed by atoms with van der Waals surface area (Å²) in [6, 6.07) is 23.3. The number of imide groups is 2. The van der Waals surface area contributed by atoms with Gasteiger partial charge in [0.25, 0.3) is 10.5 Å². The van der Waals surface area contributed by atoms with Crippen LogP contribution in [-0.2, 0) is 48.1 Å². The van der Waals surface area contributed by atoms with Gasteiger partial charge in [0.2, 0.25) is 11.8 Å². The molecule has 0 saturated carbocycles. The van der Waals surface area contributed by atoms with Crippen molar-refractivity contribution in [1.82, 2.24) is 20.2 Å². The molecule has 0 aliphatic carbocycles. The fraction of sp³-hybridized carbons (Fsp3) is 0.333.